The summed E-state index contributed by atoms with van der Waals surface area (Å²) in [5, 5.41) is 9.25. The minimum atomic E-state index is -0.370. The lowest BCUT2D eigenvalue weighted by Gasteiger charge is -2.12. The molecule has 0 spiro atoms. The van der Waals surface area contributed by atoms with Gasteiger partial charge >= 0.3 is 0 Å². The third-order valence-corrected chi connectivity index (χ3v) is 3.36. The molecule has 0 fully saturated rings. The molecule has 0 heterocycles. The van der Waals surface area contributed by atoms with Gasteiger partial charge in [-0.25, -0.2) is 4.39 Å². The van der Waals surface area contributed by atoms with Crippen LogP contribution >= 0.6 is 11.6 Å². The highest BCUT2D eigenvalue weighted by molar-refractivity contribution is 6.31. The summed E-state index contributed by atoms with van der Waals surface area (Å²) in [5.74, 6) is 0.325. The van der Waals surface area contributed by atoms with Crippen LogP contribution in [0.5, 0.6) is 5.75 Å². The van der Waals surface area contributed by atoms with Crippen molar-refractivity contribution in [2.45, 2.75) is 19.4 Å². The Labute approximate surface area is 122 Å². The smallest absolute Gasteiger partial charge is 0.131 e. The molecule has 106 valence electrons. The second-order valence-electron chi connectivity index (χ2n) is 4.42. The van der Waals surface area contributed by atoms with Crippen LogP contribution in [0.25, 0.3) is 0 Å². The average molecular weight is 295 g/mol. The number of aliphatic hydroxyl groups excluding tert-OH is 1. The number of benzene rings is 2. The van der Waals surface area contributed by atoms with Crippen LogP contribution in [0.15, 0.2) is 42.5 Å². The standard InChI is InChI=1S/C16H16ClFO2/c17-14-7-3-8-15(18)13(14)11-20-16-9-2-1-5-12(16)6-4-10-19/h1-3,5,7-9,19H,4,6,10-11H2. The Kier molecular flexibility index (Phi) is 5.39. The van der Waals surface area contributed by atoms with Gasteiger partial charge in [0.25, 0.3) is 0 Å². The normalized spacial score (nSPS) is 10.6. The van der Waals surface area contributed by atoms with E-state index in [1.165, 1.54) is 6.07 Å². The van der Waals surface area contributed by atoms with Crippen LogP contribution in [0.4, 0.5) is 4.39 Å². The van der Waals surface area contributed by atoms with Crippen molar-refractivity contribution in [1.29, 1.82) is 0 Å². The maximum atomic E-state index is 13.7. The fourth-order valence-corrected chi connectivity index (χ4v) is 2.16. The van der Waals surface area contributed by atoms with E-state index in [-0.39, 0.29) is 19.0 Å². The Morgan fingerprint density at radius 1 is 1.10 bits per heavy atom. The van der Waals surface area contributed by atoms with Gasteiger partial charge in [-0.05, 0) is 36.6 Å². The lowest BCUT2D eigenvalue weighted by atomic mass is 10.1. The first kappa shape index (κ1) is 14.8. The van der Waals surface area contributed by atoms with Crippen LogP contribution in [-0.2, 0) is 13.0 Å². The van der Waals surface area contributed by atoms with Gasteiger partial charge in [-0.3, -0.25) is 0 Å². The van der Waals surface area contributed by atoms with Crippen LogP contribution in [0.1, 0.15) is 17.5 Å². The number of hydrogen-bond donors (Lipinski definition) is 1. The molecule has 2 nitrogen and oxygen atoms in total. The predicted octanol–water partition coefficient (Wildman–Crippen LogP) is 3.98. The Balaban J connectivity index is 2.11. The van der Waals surface area contributed by atoms with E-state index < -0.39 is 0 Å². The zero-order chi connectivity index (χ0) is 14.4. The highest BCUT2D eigenvalue weighted by Gasteiger charge is 2.09. The summed E-state index contributed by atoms with van der Waals surface area (Å²) in [5.41, 5.74) is 1.35. The molecule has 0 aromatic heterocycles. The predicted molar refractivity (Wildman–Crippen MR) is 77.6 cm³/mol. The highest BCUT2D eigenvalue weighted by atomic mass is 35.5. The molecular formula is C16H16ClFO2. The maximum Gasteiger partial charge on any atom is 0.131 e. The Morgan fingerprint density at radius 3 is 2.65 bits per heavy atom. The number of rotatable bonds is 6. The molecule has 0 aliphatic heterocycles. The third kappa shape index (κ3) is 3.71. The zero-order valence-electron chi connectivity index (χ0n) is 11.0. The molecule has 0 bridgehead atoms. The van der Waals surface area contributed by atoms with Crippen molar-refractivity contribution in [3.05, 3.63) is 64.4 Å². The number of aliphatic hydroxyl groups is 1. The lowest BCUT2D eigenvalue weighted by molar-refractivity contribution is 0.282. The van der Waals surface area contributed by atoms with Crippen molar-refractivity contribution in [2.75, 3.05) is 6.61 Å². The second-order valence-corrected chi connectivity index (χ2v) is 4.83. The molecule has 0 aliphatic carbocycles. The number of aryl methyl sites for hydroxylation is 1. The van der Waals surface area contributed by atoms with E-state index in [2.05, 4.69) is 0 Å². The number of hydrogen-bond acceptors (Lipinski definition) is 2. The van der Waals surface area contributed by atoms with Crippen molar-refractivity contribution in [1.82, 2.24) is 0 Å². The first-order valence-corrected chi connectivity index (χ1v) is 6.84. The van der Waals surface area contributed by atoms with Gasteiger partial charge in [-0.1, -0.05) is 35.9 Å². The maximum absolute atomic E-state index is 13.7. The zero-order valence-corrected chi connectivity index (χ0v) is 11.7. The Hall–Kier alpha value is -1.58. The molecule has 2 aromatic carbocycles. The van der Waals surface area contributed by atoms with E-state index in [0.717, 1.165) is 12.0 Å². The van der Waals surface area contributed by atoms with E-state index in [0.29, 0.717) is 22.8 Å². The van der Waals surface area contributed by atoms with E-state index in [1.54, 1.807) is 12.1 Å². The van der Waals surface area contributed by atoms with Gasteiger partial charge in [0, 0.05) is 12.2 Å². The van der Waals surface area contributed by atoms with Crippen molar-refractivity contribution < 1.29 is 14.2 Å². The molecule has 20 heavy (non-hydrogen) atoms. The van der Waals surface area contributed by atoms with E-state index in [1.807, 2.05) is 24.3 Å². The van der Waals surface area contributed by atoms with Crippen LogP contribution in [0, 0.1) is 5.82 Å². The molecule has 0 saturated heterocycles. The van der Waals surface area contributed by atoms with Crippen LogP contribution < -0.4 is 4.74 Å². The van der Waals surface area contributed by atoms with Gasteiger partial charge in [0.05, 0.1) is 5.02 Å². The monoisotopic (exact) mass is 294 g/mol. The van der Waals surface area contributed by atoms with Gasteiger partial charge in [-0.2, -0.15) is 0 Å². The van der Waals surface area contributed by atoms with Crippen LogP contribution in [-0.4, -0.2) is 11.7 Å². The molecule has 2 aromatic rings. The first-order chi connectivity index (χ1) is 9.72. The van der Waals surface area contributed by atoms with E-state index >= 15 is 0 Å². The molecule has 2 rings (SSSR count). The van der Waals surface area contributed by atoms with Crippen molar-refractivity contribution in [3.8, 4) is 5.75 Å². The summed E-state index contributed by atoms with van der Waals surface area (Å²) < 4.78 is 19.3. The second kappa shape index (κ2) is 7.27. The third-order valence-electron chi connectivity index (χ3n) is 3.01. The van der Waals surface area contributed by atoms with Crippen molar-refractivity contribution in [3.63, 3.8) is 0 Å². The van der Waals surface area contributed by atoms with Gasteiger partial charge < -0.3 is 9.84 Å². The van der Waals surface area contributed by atoms with Gasteiger partial charge in [0.2, 0.25) is 0 Å². The van der Waals surface area contributed by atoms with Crippen LogP contribution in [0.3, 0.4) is 0 Å². The highest BCUT2D eigenvalue weighted by Crippen LogP contribution is 2.24. The minimum Gasteiger partial charge on any atom is -0.488 e. The molecule has 1 N–H and O–H groups in total. The van der Waals surface area contributed by atoms with Gasteiger partial charge in [-0.15, -0.1) is 0 Å². The molecule has 4 heteroatoms. The largest absolute Gasteiger partial charge is 0.488 e. The summed E-state index contributed by atoms with van der Waals surface area (Å²) in [4.78, 5) is 0. The topological polar surface area (TPSA) is 29.5 Å². The SMILES string of the molecule is OCCCc1ccccc1OCc1c(F)cccc1Cl. The molecular weight excluding hydrogens is 279 g/mol. The first-order valence-electron chi connectivity index (χ1n) is 6.47. The molecule has 0 radical (unpaired) electrons. The van der Waals surface area contributed by atoms with Gasteiger partial charge in [0.1, 0.15) is 18.2 Å². The summed E-state index contributed by atoms with van der Waals surface area (Å²) in [6.07, 6.45) is 1.39. The Morgan fingerprint density at radius 2 is 1.90 bits per heavy atom. The summed E-state index contributed by atoms with van der Waals surface area (Å²) in [6, 6.07) is 12.1. The van der Waals surface area contributed by atoms with Crippen molar-refractivity contribution in [2.24, 2.45) is 0 Å². The fourth-order valence-electron chi connectivity index (χ4n) is 1.94. The Bertz CT molecular complexity index is 552. The number of ether oxygens (including phenoxy) is 1. The van der Waals surface area contributed by atoms with Crippen LogP contribution in [0.2, 0.25) is 5.02 Å². The van der Waals surface area contributed by atoms with Gasteiger partial charge in [0.15, 0.2) is 0 Å². The molecule has 0 amide bonds. The van der Waals surface area contributed by atoms with Crippen molar-refractivity contribution >= 4 is 11.6 Å². The number of para-hydroxylation sites is 1. The lowest BCUT2D eigenvalue weighted by Crippen LogP contribution is -2.02. The quantitative estimate of drug-likeness (QED) is 0.873. The molecule has 0 aliphatic rings. The molecule has 0 saturated carbocycles. The molecule has 0 atom stereocenters. The molecule has 0 unspecified atom stereocenters. The minimum absolute atomic E-state index is 0.0850. The summed E-state index contributed by atoms with van der Waals surface area (Å²) >= 11 is 5.97. The summed E-state index contributed by atoms with van der Waals surface area (Å²) in [7, 11) is 0. The summed E-state index contributed by atoms with van der Waals surface area (Å²) in [6.45, 7) is 0.217. The fraction of sp³-hybridized carbons (Fsp3) is 0.250. The number of halogens is 2. The average Bonchev–Trinajstić information content (AvgIpc) is 2.45. The van der Waals surface area contributed by atoms with E-state index in [4.69, 9.17) is 21.4 Å². The van der Waals surface area contributed by atoms with E-state index in [9.17, 15) is 4.39 Å².